The van der Waals surface area contributed by atoms with Gasteiger partial charge in [0.2, 0.25) is 5.91 Å². The summed E-state index contributed by atoms with van der Waals surface area (Å²) in [6.45, 7) is 6.30. The van der Waals surface area contributed by atoms with Crippen molar-refractivity contribution in [1.82, 2.24) is 9.88 Å². The summed E-state index contributed by atoms with van der Waals surface area (Å²) in [5, 5.41) is 9.51. The van der Waals surface area contributed by atoms with E-state index in [0.717, 1.165) is 24.0 Å². The number of carboxylic acids is 1. The summed E-state index contributed by atoms with van der Waals surface area (Å²) in [6.07, 6.45) is 4.24. The van der Waals surface area contributed by atoms with Crippen molar-refractivity contribution in [3.05, 3.63) is 59.4 Å². The van der Waals surface area contributed by atoms with E-state index in [1.54, 1.807) is 23.2 Å². The Morgan fingerprint density at radius 1 is 1.15 bits per heavy atom. The van der Waals surface area contributed by atoms with Crippen LogP contribution in [0.3, 0.4) is 0 Å². The van der Waals surface area contributed by atoms with Gasteiger partial charge in [0.1, 0.15) is 5.75 Å². The van der Waals surface area contributed by atoms with Crippen LogP contribution >= 0.6 is 0 Å². The Balaban J connectivity index is 1.32. The molecule has 1 saturated carbocycles. The van der Waals surface area contributed by atoms with Crippen molar-refractivity contribution in [3.8, 4) is 5.75 Å². The maximum atomic E-state index is 13.6. The van der Waals surface area contributed by atoms with Crippen LogP contribution in [-0.2, 0) is 25.3 Å². The average Bonchev–Trinajstić information content (AvgIpc) is 3.43. The molecule has 3 aliphatic rings. The van der Waals surface area contributed by atoms with Crippen LogP contribution in [0, 0.1) is 5.41 Å². The lowest BCUT2D eigenvalue weighted by Crippen LogP contribution is -2.40. The van der Waals surface area contributed by atoms with Gasteiger partial charge in [-0.2, -0.15) is 0 Å². The number of amides is 1. The van der Waals surface area contributed by atoms with Gasteiger partial charge in [-0.25, -0.2) is 9.59 Å². The molecule has 2 aromatic rings. The standard InChI is InChI=1S/C26H28N2O6/c1-24(2,3)20(21(29)30)33-17-6-4-16(5-7-17)25(9-10-25)23(32)28-13-11-26(15-28)19-8-12-27-14-18(19)22(31)34-26/h4-8,12,14,20H,9-11,13,15H2,1-3H3,(H,29,30). The van der Waals surface area contributed by atoms with Crippen molar-refractivity contribution in [2.24, 2.45) is 5.41 Å². The minimum atomic E-state index is -1.02. The summed E-state index contributed by atoms with van der Waals surface area (Å²) in [7, 11) is 0. The van der Waals surface area contributed by atoms with Crippen LogP contribution in [0.5, 0.6) is 5.75 Å². The van der Waals surface area contributed by atoms with Crippen LogP contribution in [0.4, 0.5) is 0 Å². The summed E-state index contributed by atoms with van der Waals surface area (Å²) in [5.74, 6) is -0.908. The van der Waals surface area contributed by atoms with Crippen LogP contribution in [0.2, 0.25) is 0 Å². The molecule has 2 unspecified atom stereocenters. The van der Waals surface area contributed by atoms with Crippen molar-refractivity contribution in [3.63, 3.8) is 0 Å². The number of carbonyl (C=O) groups is 3. The zero-order valence-corrected chi connectivity index (χ0v) is 19.5. The zero-order valence-electron chi connectivity index (χ0n) is 19.5. The number of aromatic nitrogens is 1. The van der Waals surface area contributed by atoms with Crippen LogP contribution in [0.15, 0.2) is 42.7 Å². The molecule has 5 rings (SSSR count). The largest absolute Gasteiger partial charge is 0.478 e. The lowest BCUT2D eigenvalue weighted by molar-refractivity contribution is -0.150. The molecule has 1 N–H and O–H groups in total. The van der Waals surface area contributed by atoms with E-state index in [2.05, 4.69) is 4.98 Å². The second kappa shape index (κ2) is 7.55. The molecule has 2 aliphatic heterocycles. The number of ether oxygens (including phenoxy) is 2. The van der Waals surface area contributed by atoms with Crippen molar-refractivity contribution < 1.29 is 29.0 Å². The molecule has 1 aliphatic carbocycles. The number of pyridine rings is 1. The number of likely N-dealkylation sites (tertiary alicyclic amines) is 1. The monoisotopic (exact) mass is 464 g/mol. The van der Waals surface area contributed by atoms with Crippen LogP contribution in [-0.4, -0.2) is 52.0 Å². The molecule has 1 aromatic carbocycles. The SMILES string of the molecule is CC(C)(C)C(Oc1ccc(C2(C(=O)N3CCC4(C3)OC(=O)c3cnccc34)CC2)cc1)C(=O)O. The van der Waals surface area contributed by atoms with E-state index >= 15 is 0 Å². The van der Waals surface area contributed by atoms with Crippen LogP contribution < -0.4 is 4.74 Å². The first-order valence-electron chi connectivity index (χ1n) is 11.5. The van der Waals surface area contributed by atoms with E-state index in [0.29, 0.717) is 30.8 Å². The Hall–Kier alpha value is -3.42. The molecule has 0 radical (unpaired) electrons. The third kappa shape index (κ3) is 3.52. The lowest BCUT2D eigenvalue weighted by Gasteiger charge is -2.28. The smallest absolute Gasteiger partial charge is 0.345 e. The number of nitrogens with zero attached hydrogens (tertiary/aromatic N) is 2. The summed E-state index contributed by atoms with van der Waals surface area (Å²) >= 11 is 0. The molecule has 0 bridgehead atoms. The lowest BCUT2D eigenvalue weighted by atomic mass is 9.89. The third-order valence-corrected chi connectivity index (χ3v) is 7.17. The maximum Gasteiger partial charge on any atom is 0.345 e. The van der Waals surface area contributed by atoms with E-state index in [1.807, 2.05) is 39.0 Å². The zero-order chi connectivity index (χ0) is 24.3. The molecule has 1 aromatic heterocycles. The van der Waals surface area contributed by atoms with Gasteiger partial charge in [-0.1, -0.05) is 32.9 Å². The number of carboxylic acid groups (broad SMARTS) is 1. The molecule has 178 valence electrons. The van der Waals surface area contributed by atoms with Crippen molar-refractivity contribution >= 4 is 17.8 Å². The first kappa shape index (κ1) is 22.4. The van der Waals surface area contributed by atoms with E-state index < -0.39 is 28.5 Å². The molecular weight excluding hydrogens is 436 g/mol. The van der Waals surface area contributed by atoms with E-state index in [1.165, 1.54) is 6.20 Å². The second-order valence-corrected chi connectivity index (χ2v) is 10.6. The molecule has 2 atom stereocenters. The highest BCUT2D eigenvalue weighted by molar-refractivity contribution is 5.95. The number of hydrogen-bond acceptors (Lipinski definition) is 6. The van der Waals surface area contributed by atoms with Gasteiger partial charge in [-0.15, -0.1) is 0 Å². The summed E-state index contributed by atoms with van der Waals surface area (Å²) in [4.78, 5) is 43.4. The highest BCUT2D eigenvalue weighted by atomic mass is 16.6. The van der Waals surface area contributed by atoms with E-state index in [4.69, 9.17) is 9.47 Å². The summed E-state index contributed by atoms with van der Waals surface area (Å²) in [5.41, 5.74) is 0.218. The summed E-state index contributed by atoms with van der Waals surface area (Å²) < 4.78 is 11.5. The Morgan fingerprint density at radius 3 is 2.47 bits per heavy atom. The van der Waals surface area contributed by atoms with Crippen molar-refractivity contribution in [1.29, 1.82) is 0 Å². The third-order valence-electron chi connectivity index (χ3n) is 7.17. The van der Waals surface area contributed by atoms with Gasteiger partial charge < -0.3 is 19.5 Å². The molecule has 2 fully saturated rings. The van der Waals surface area contributed by atoms with Crippen molar-refractivity contribution in [2.45, 2.75) is 57.2 Å². The minimum Gasteiger partial charge on any atom is -0.478 e. The minimum absolute atomic E-state index is 0.0368. The van der Waals surface area contributed by atoms with Crippen molar-refractivity contribution in [2.75, 3.05) is 13.1 Å². The fourth-order valence-corrected chi connectivity index (χ4v) is 5.14. The number of hydrogen-bond donors (Lipinski definition) is 1. The van der Waals surface area contributed by atoms with E-state index in [-0.39, 0.29) is 11.9 Å². The molecule has 8 nitrogen and oxygen atoms in total. The normalized spacial score (nSPS) is 23.4. The first-order valence-corrected chi connectivity index (χ1v) is 11.5. The summed E-state index contributed by atoms with van der Waals surface area (Å²) in [6, 6.07) is 8.98. The Kier molecular flexibility index (Phi) is 4.97. The first-order chi connectivity index (χ1) is 16.1. The number of aliphatic carboxylic acids is 1. The predicted octanol–water partition coefficient (Wildman–Crippen LogP) is 3.29. The molecule has 34 heavy (non-hydrogen) atoms. The van der Waals surface area contributed by atoms with Gasteiger partial charge in [0.15, 0.2) is 11.7 Å². The molecule has 3 heterocycles. The Bertz CT molecular complexity index is 1160. The fourth-order valence-electron chi connectivity index (χ4n) is 5.14. The molecule has 8 heteroatoms. The van der Waals surface area contributed by atoms with Gasteiger partial charge in [0.25, 0.3) is 0 Å². The quantitative estimate of drug-likeness (QED) is 0.677. The van der Waals surface area contributed by atoms with Gasteiger partial charge in [-0.05, 0) is 36.6 Å². The molecule has 1 amide bonds. The fraction of sp³-hybridized carbons (Fsp3) is 0.462. The van der Waals surface area contributed by atoms with Crippen LogP contribution in [0.1, 0.15) is 61.5 Å². The van der Waals surface area contributed by atoms with Gasteiger partial charge in [0, 0.05) is 36.3 Å². The second-order valence-electron chi connectivity index (χ2n) is 10.6. The van der Waals surface area contributed by atoms with Gasteiger partial charge in [-0.3, -0.25) is 9.78 Å². The number of benzene rings is 1. The molecule has 1 saturated heterocycles. The highest BCUT2D eigenvalue weighted by Crippen LogP contribution is 2.52. The number of esters is 1. The number of fused-ring (bicyclic) bond motifs is 2. The van der Waals surface area contributed by atoms with E-state index in [9.17, 15) is 19.5 Å². The number of rotatable bonds is 5. The molecule has 1 spiro atoms. The van der Waals surface area contributed by atoms with Crippen LogP contribution in [0.25, 0.3) is 0 Å². The predicted molar refractivity (Wildman–Crippen MR) is 121 cm³/mol. The Labute approximate surface area is 197 Å². The Morgan fingerprint density at radius 2 is 1.85 bits per heavy atom. The highest BCUT2D eigenvalue weighted by Gasteiger charge is 2.57. The van der Waals surface area contributed by atoms with Gasteiger partial charge in [0.05, 0.1) is 17.5 Å². The maximum absolute atomic E-state index is 13.6. The van der Waals surface area contributed by atoms with Gasteiger partial charge >= 0.3 is 11.9 Å². The topological polar surface area (TPSA) is 106 Å². The molecular formula is C26H28N2O6. The number of carbonyl (C=O) groups excluding carboxylic acids is 2. The average molecular weight is 465 g/mol.